The van der Waals surface area contributed by atoms with E-state index < -0.39 is 0 Å². The van der Waals surface area contributed by atoms with Crippen molar-refractivity contribution >= 4 is 0 Å². The molecular weight excluding hydrogens is 182 g/mol. The molecule has 1 nitrogen and oxygen atoms in total. The fourth-order valence-corrected chi connectivity index (χ4v) is 3.64. The summed E-state index contributed by atoms with van der Waals surface area (Å²) in [6.07, 6.45) is 14.2. The van der Waals surface area contributed by atoms with Gasteiger partial charge in [0.1, 0.15) is 0 Å². The number of rotatable bonds is 2. The van der Waals surface area contributed by atoms with E-state index in [0.29, 0.717) is 11.1 Å². The lowest BCUT2D eigenvalue weighted by molar-refractivity contribution is 0.145. The molecular formula is C14H27N. The maximum atomic E-state index is 4.01. The Hall–Kier alpha value is -0.0400. The second-order valence-electron chi connectivity index (χ2n) is 6.37. The first-order valence-electron chi connectivity index (χ1n) is 6.91. The lowest BCUT2D eigenvalue weighted by Gasteiger charge is -2.45. The van der Waals surface area contributed by atoms with Crippen LogP contribution in [0.4, 0.5) is 0 Å². The molecule has 15 heavy (non-hydrogen) atoms. The van der Waals surface area contributed by atoms with Crippen LogP contribution < -0.4 is 5.32 Å². The van der Waals surface area contributed by atoms with Gasteiger partial charge >= 0.3 is 0 Å². The zero-order valence-corrected chi connectivity index (χ0v) is 10.6. The molecule has 2 saturated carbocycles. The highest BCUT2D eigenvalue weighted by molar-refractivity contribution is 4.96. The molecule has 0 heterocycles. The molecule has 0 aromatic carbocycles. The number of nitrogens with one attached hydrogen (secondary N) is 1. The zero-order chi connectivity index (χ0) is 10.8. The molecule has 0 aromatic rings. The molecule has 88 valence electrons. The van der Waals surface area contributed by atoms with Crippen molar-refractivity contribution < 1.29 is 0 Å². The maximum Gasteiger partial charge on any atom is 0.0158 e. The molecule has 0 aliphatic heterocycles. The van der Waals surface area contributed by atoms with Gasteiger partial charge in [0.25, 0.3) is 0 Å². The lowest BCUT2D eigenvalue weighted by atomic mass is 9.77. The van der Waals surface area contributed by atoms with E-state index in [1.165, 1.54) is 64.2 Å². The van der Waals surface area contributed by atoms with Gasteiger partial charge in [-0.1, -0.05) is 38.5 Å². The first-order chi connectivity index (χ1) is 7.12. The minimum atomic E-state index is 0.449. The molecule has 0 spiro atoms. The van der Waals surface area contributed by atoms with Crippen LogP contribution in [0.25, 0.3) is 0 Å². The predicted molar refractivity (Wildman–Crippen MR) is 66.1 cm³/mol. The fraction of sp³-hybridized carbons (Fsp3) is 1.00. The second kappa shape index (κ2) is 4.45. The van der Waals surface area contributed by atoms with Crippen LogP contribution in [-0.4, -0.2) is 11.1 Å². The van der Waals surface area contributed by atoms with Crippen molar-refractivity contribution in [2.75, 3.05) is 0 Å². The normalized spacial score (nSPS) is 30.0. The van der Waals surface area contributed by atoms with Gasteiger partial charge < -0.3 is 5.32 Å². The standard InChI is InChI=1S/C14H27N/c1-13(9-5-3-6-10-13)15-14(2)11-7-4-8-12-14/h15H,3-12H2,1-2H3. The van der Waals surface area contributed by atoms with Crippen molar-refractivity contribution in [2.45, 2.75) is 89.1 Å². The summed E-state index contributed by atoms with van der Waals surface area (Å²) in [5.41, 5.74) is 0.898. The van der Waals surface area contributed by atoms with Crippen LogP contribution in [0.15, 0.2) is 0 Å². The van der Waals surface area contributed by atoms with E-state index in [-0.39, 0.29) is 0 Å². The Morgan fingerprint density at radius 1 is 0.600 bits per heavy atom. The average molecular weight is 209 g/mol. The van der Waals surface area contributed by atoms with E-state index in [0.717, 1.165) is 0 Å². The smallest absolute Gasteiger partial charge is 0.0158 e. The van der Waals surface area contributed by atoms with E-state index >= 15 is 0 Å². The quantitative estimate of drug-likeness (QED) is 0.724. The molecule has 0 saturated heterocycles. The minimum absolute atomic E-state index is 0.449. The summed E-state index contributed by atoms with van der Waals surface area (Å²) in [5.74, 6) is 0. The SMILES string of the molecule is CC1(NC2(C)CCCCC2)CCCCC1. The summed E-state index contributed by atoms with van der Waals surface area (Å²) >= 11 is 0. The fourth-order valence-electron chi connectivity index (χ4n) is 3.64. The highest BCUT2D eigenvalue weighted by Crippen LogP contribution is 2.34. The molecule has 1 heteroatoms. The maximum absolute atomic E-state index is 4.01. The highest BCUT2D eigenvalue weighted by atomic mass is 15.0. The Balaban J connectivity index is 1.93. The van der Waals surface area contributed by atoms with E-state index in [1.54, 1.807) is 0 Å². The molecule has 0 radical (unpaired) electrons. The predicted octanol–water partition coefficient (Wildman–Crippen LogP) is 4.02. The third kappa shape index (κ3) is 2.96. The van der Waals surface area contributed by atoms with Gasteiger partial charge in [0.15, 0.2) is 0 Å². The molecule has 2 rings (SSSR count). The topological polar surface area (TPSA) is 12.0 Å². The first kappa shape index (κ1) is 11.4. The van der Waals surface area contributed by atoms with E-state index in [1.807, 2.05) is 0 Å². The Labute approximate surface area is 95.0 Å². The average Bonchev–Trinajstić information content (AvgIpc) is 2.18. The van der Waals surface area contributed by atoms with Crippen molar-refractivity contribution in [2.24, 2.45) is 0 Å². The molecule has 2 aliphatic rings. The van der Waals surface area contributed by atoms with Crippen LogP contribution in [0.1, 0.15) is 78.1 Å². The van der Waals surface area contributed by atoms with Crippen molar-refractivity contribution in [3.63, 3.8) is 0 Å². The second-order valence-corrected chi connectivity index (χ2v) is 6.37. The summed E-state index contributed by atoms with van der Waals surface area (Å²) in [6, 6.07) is 0. The van der Waals surface area contributed by atoms with Crippen LogP contribution >= 0.6 is 0 Å². The third-order valence-electron chi connectivity index (χ3n) is 4.52. The van der Waals surface area contributed by atoms with Crippen LogP contribution in [0.5, 0.6) is 0 Å². The van der Waals surface area contributed by atoms with Gasteiger partial charge in [0.2, 0.25) is 0 Å². The summed E-state index contributed by atoms with van der Waals surface area (Å²) in [4.78, 5) is 0. The zero-order valence-electron chi connectivity index (χ0n) is 10.6. The van der Waals surface area contributed by atoms with Gasteiger partial charge in [0.05, 0.1) is 0 Å². The third-order valence-corrected chi connectivity index (χ3v) is 4.52. The molecule has 2 aliphatic carbocycles. The molecule has 0 amide bonds. The Kier molecular flexibility index (Phi) is 3.39. The molecule has 0 aromatic heterocycles. The van der Waals surface area contributed by atoms with Gasteiger partial charge in [-0.15, -0.1) is 0 Å². The van der Waals surface area contributed by atoms with Gasteiger partial charge in [-0.3, -0.25) is 0 Å². The Morgan fingerprint density at radius 3 is 1.27 bits per heavy atom. The first-order valence-corrected chi connectivity index (χ1v) is 6.91. The van der Waals surface area contributed by atoms with Gasteiger partial charge in [-0.05, 0) is 39.5 Å². The van der Waals surface area contributed by atoms with Gasteiger partial charge in [-0.2, -0.15) is 0 Å². The van der Waals surface area contributed by atoms with Crippen molar-refractivity contribution in [3.8, 4) is 0 Å². The lowest BCUT2D eigenvalue weighted by Crippen LogP contribution is -2.56. The minimum Gasteiger partial charge on any atom is -0.306 e. The molecule has 2 fully saturated rings. The number of hydrogen-bond donors (Lipinski definition) is 1. The number of hydrogen-bond acceptors (Lipinski definition) is 1. The summed E-state index contributed by atoms with van der Waals surface area (Å²) < 4.78 is 0. The highest BCUT2D eigenvalue weighted by Gasteiger charge is 2.35. The Bertz CT molecular complexity index is 175. The summed E-state index contributed by atoms with van der Waals surface area (Å²) in [7, 11) is 0. The molecule has 0 atom stereocenters. The van der Waals surface area contributed by atoms with Crippen LogP contribution in [0.3, 0.4) is 0 Å². The van der Waals surface area contributed by atoms with E-state index in [9.17, 15) is 0 Å². The van der Waals surface area contributed by atoms with Gasteiger partial charge in [-0.25, -0.2) is 0 Å². The molecule has 1 N–H and O–H groups in total. The summed E-state index contributed by atoms with van der Waals surface area (Å²) in [5, 5.41) is 4.01. The van der Waals surface area contributed by atoms with Crippen LogP contribution in [-0.2, 0) is 0 Å². The van der Waals surface area contributed by atoms with E-state index in [4.69, 9.17) is 0 Å². The van der Waals surface area contributed by atoms with Crippen molar-refractivity contribution in [3.05, 3.63) is 0 Å². The largest absolute Gasteiger partial charge is 0.306 e. The van der Waals surface area contributed by atoms with Crippen LogP contribution in [0, 0.1) is 0 Å². The van der Waals surface area contributed by atoms with Gasteiger partial charge in [0, 0.05) is 11.1 Å². The van der Waals surface area contributed by atoms with Crippen LogP contribution in [0.2, 0.25) is 0 Å². The summed E-state index contributed by atoms with van der Waals surface area (Å²) in [6.45, 7) is 4.90. The van der Waals surface area contributed by atoms with Crippen molar-refractivity contribution in [1.29, 1.82) is 0 Å². The molecule has 0 unspecified atom stereocenters. The monoisotopic (exact) mass is 209 g/mol. The van der Waals surface area contributed by atoms with E-state index in [2.05, 4.69) is 19.2 Å². The van der Waals surface area contributed by atoms with Crippen molar-refractivity contribution in [1.82, 2.24) is 5.32 Å². The molecule has 0 bridgehead atoms. The Morgan fingerprint density at radius 2 is 0.933 bits per heavy atom.